The number of nitro groups is 1. The fraction of sp³-hybridized carbons (Fsp3) is 0.400. The highest BCUT2D eigenvalue weighted by molar-refractivity contribution is 5.97. The number of hydrogen-bond donors (Lipinski definition) is 2. The van der Waals surface area contributed by atoms with Gasteiger partial charge in [-0.15, -0.1) is 0 Å². The number of hydrogen-bond acceptors (Lipinski definition) is 5. The monoisotopic (exact) mass is 318 g/mol. The van der Waals surface area contributed by atoms with Crippen molar-refractivity contribution in [1.29, 1.82) is 5.26 Å². The van der Waals surface area contributed by atoms with Crippen LogP contribution >= 0.6 is 0 Å². The molecule has 0 saturated heterocycles. The van der Waals surface area contributed by atoms with Gasteiger partial charge in [0, 0.05) is 17.7 Å². The van der Waals surface area contributed by atoms with Crippen molar-refractivity contribution in [3.8, 4) is 6.07 Å². The maximum absolute atomic E-state index is 12.2. The number of carbonyl (C=O) groups excluding carboxylic acids is 2. The van der Waals surface area contributed by atoms with Crippen LogP contribution in [0.4, 0.5) is 5.69 Å². The molecule has 8 nitrogen and oxygen atoms in total. The summed E-state index contributed by atoms with van der Waals surface area (Å²) in [5.74, 6) is -0.779. The maximum atomic E-state index is 12.2. The molecule has 0 spiro atoms. The van der Waals surface area contributed by atoms with Gasteiger partial charge < -0.3 is 10.6 Å². The van der Waals surface area contributed by atoms with Gasteiger partial charge in [0.05, 0.1) is 11.0 Å². The summed E-state index contributed by atoms with van der Waals surface area (Å²) >= 11 is 0. The summed E-state index contributed by atoms with van der Waals surface area (Å²) < 4.78 is 0. The second kappa shape index (κ2) is 8.48. The van der Waals surface area contributed by atoms with Crippen LogP contribution in [0.1, 0.15) is 30.6 Å². The molecule has 0 aliphatic carbocycles. The Kier molecular flexibility index (Phi) is 6.68. The number of benzene rings is 1. The SMILES string of the molecule is CC(C)C[C@H](NC(=O)c1ccc([N+](=O)[O-])cc1)C(=O)NCC#N. The van der Waals surface area contributed by atoms with E-state index in [2.05, 4.69) is 10.6 Å². The predicted octanol–water partition coefficient (Wildman–Crippen LogP) is 1.38. The summed E-state index contributed by atoms with van der Waals surface area (Å²) in [6.07, 6.45) is 0.413. The molecule has 0 unspecified atom stereocenters. The van der Waals surface area contributed by atoms with Crippen molar-refractivity contribution in [2.45, 2.75) is 26.3 Å². The predicted molar refractivity (Wildman–Crippen MR) is 82.4 cm³/mol. The molecule has 0 aliphatic heterocycles. The van der Waals surface area contributed by atoms with Crippen LogP contribution in [0.25, 0.3) is 0 Å². The third-order valence-corrected chi connectivity index (χ3v) is 3.01. The van der Waals surface area contributed by atoms with Gasteiger partial charge >= 0.3 is 0 Å². The molecular weight excluding hydrogens is 300 g/mol. The van der Waals surface area contributed by atoms with Crippen molar-refractivity contribution in [3.63, 3.8) is 0 Å². The molecule has 8 heteroatoms. The molecule has 2 N–H and O–H groups in total. The summed E-state index contributed by atoms with van der Waals surface area (Å²) in [6.45, 7) is 3.67. The molecule has 122 valence electrons. The minimum absolute atomic E-state index is 0.118. The molecule has 1 rings (SSSR count). The Bertz CT molecular complexity index is 619. The molecule has 0 heterocycles. The zero-order valence-corrected chi connectivity index (χ0v) is 12.9. The number of nitro benzene ring substituents is 1. The number of carbonyl (C=O) groups is 2. The van der Waals surface area contributed by atoms with Crippen LogP contribution in [0.15, 0.2) is 24.3 Å². The summed E-state index contributed by atoms with van der Waals surface area (Å²) in [5, 5.41) is 24.1. The molecule has 0 radical (unpaired) electrons. The van der Waals surface area contributed by atoms with Gasteiger partial charge in [-0.3, -0.25) is 19.7 Å². The number of amides is 2. The first kappa shape index (κ1) is 18.1. The Morgan fingerprint density at radius 2 is 1.91 bits per heavy atom. The van der Waals surface area contributed by atoms with Gasteiger partial charge in [-0.2, -0.15) is 5.26 Å². The zero-order chi connectivity index (χ0) is 17.4. The molecule has 0 saturated carbocycles. The summed E-state index contributed by atoms with van der Waals surface area (Å²) in [7, 11) is 0. The van der Waals surface area contributed by atoms with E-state index < -0.39 is 22.8 Å². The van der Waals surface area contributed by atoms with E-state index in [0.29, 0.717) is 6.42 Å². The van der Waals surface area contributed by atoms with Gasteiger partial charge in [-0.05, 0) is 24.5 Å². The van der Waals surface area contributed by atoms with E-state index in [1.165, 1.54) is 24.3 Å². The van der Waals surface area contributed by atoms with Gasteiger partial charge in [0.25, 0.3) is 11.6 Å². The molecule has 0 fully saturated rings. The Morgan fingerprint density at radius 3 is 2.39 bits per heavy atom. The van der Waals surface area contributed by atoms with Crippen molar-refractivity contribution in [2.75, 3.05) is 6.54 Å². The van der Waals surface area contributed by atoms with Crippen LogP contribution in [0.5, 0.6) is 0 Å². The molecule has 0 bridgehead atoms. The Labute approximate surface area is 133 Å². The lowest BCUT2D eigenvalue weighted by atomic mass is 10.0. The van der Waals surface area contributed by atoms with E-state index in [4.69, 9.17) is 5.26 Å². The Balaban J connectivity index is 2.81. The third-order valence-electron chi connectivity index (χ3n) is 3.01. The largest absolute Gasteiger partial charge is 0.341 e. The molecule has 1 aromatic rings. The van der Waals surface area contributed by atoms with Crippen LogP contribution in [0, 0.1) is 27.4 Å². The van der Waals surface area contributed by atoms with Crippen molar-refractivity contribution < 1.29 is 14.5 Å². The van der Waals surface area contributed by atoms with Gasteiger partial charge in [-0.1, -0.05) is 13.8 Å². The molecule has 1 atom stereocenters. The van der Waals surface area contributed by atoms with Crippen molar-refractivity contribution in [1.82, 2.24) is 10.6 Å². The first-order chi connectivity index (χ1) is 10.8. The van der Waals surface area contributed by atoms with E-state index in [9.17, 15) is 19.7 Å². The molecule has 1 aromatic carbocycles. The third kappa shape index (κ3) is 5.74. The normalized spacial score (nSPS) is 11.4. The van der Waals surface area contributed by atoms with E-state index in [1.54, 1.807) is 6.07 Å². The lowest BCUT2D eigenvalue weighted by Crippen LogP contribution is -2.47. The van der Waals surface area contributed by atoms with E-state index in [1.807, 2.05) is 13.8 Å². The lowest BCUT2D eigenvalue weighted by Gasteiger charge is -2.19. The second-order valence-corrected chi connectivity index (χ2v) is 5.34. The first-order valence-corrected chi connectivity index (χ1v) is 7.05. The minimum Gasteiger partial charge on any atom is -0.341 e. The Morgan fingerprint density at radius 1 is 1.30 bits per heavy atom. The molecular formula is C15H18N4O4. The van der Waals surface area contributed by atoms with Gasteiger partial charge in [-0.25, -0.2) is 0 Å². The molecule has 0 aromatic heterocycles. The van der Waals surface area contributed by atoms with Crippen molar-refractivity contribution in [2.24, 2.45) is 5.92 Å². The molecule has 2 amide bonds. The Hall–Kier alpha value is -2.95. The van der Waals surface area contributed by atoms with Gasteiger partial charge in [0.15, 0.2) is 0 Å². The standard InChI is InChI=1S/C15H18N4O4/c1-10(2)9-13(15(21)17-8-7-16)18-14(20)11-3-5-12(6-4-11)19(22)23/h3-6,10,13H,8-9H2,1-2H3,(H,17,21)(H,18,20)/t13-/m0/s1. The smallest absolute Gasteiger partial charge is 0.269 e. The number of rotatable bonds is 7. The van der Waals surface area contributed by atoms with Crippen LogP contribution in [-0.4, -0.2) is 29.3 Å². The maximum Gasteiger partial charge on any atom is 0.269 e. The lowest BCUT2D eigenvalue weighted by molar-refractivity contribution is -0.384. The van der Waals surface area contributed by atoms with Gasteiger partial charge in [0.1, 0.15) is 12.6 Å². The fourth-order valence-electron chi connectivity index (χ4n) is 1.93. The average molecular weight is 318 g/mol. The number of nitrogens with zero attached hydrogens (tertiary/aromatic N) is 2. The van der Waals surface area contributed by atoms with E-state index >= 15 is 0 Å². The minimum atomic E-state index is -0.772. The fourth-order valence-corrected chi connectivity index (χ4v) is 1.93. The summed E-state index contributed by atoms with van der Waals surface area (Å²) in [4.78, 5) is 34.2. The highest BCUT2D eigenvalue weighted by Gasteiger charge is 2.22. The highest BCUT2D eigenvalue weighted by atomic mass is 16.6. The second-order valence-electron chi connectivity index (χ2n) is 5.34. The number of nitrogens with one attached hydrogen (secondary N) is 2. The zero-order valence-electron chi connectivity index (χ0n) is 12.9. The van der Waals surface area contributed by atoms with E-state index in [-0.39, 0.29) is 23.7 Å². The number of non-ortho nitro benzene ring substituents is 1. The average Bonchev–Trinajstić information content (AvgIpc) is 2.51. The number of nitriles is 1. The first-order valence-electron chi connectivity index (χ1n) is 7.05. The topological polar surface area (TPSA) is 125 Å². The van der Waals surface area contributed by atoms with Crippen LogP contribution < -0.4 is 10.6 Å². The molecule has 23 heavy (non-hydrogen) atoms. The van der Waals surface area contributed by atoms with Crippen LogP contribution in [0.3, 0.4) is 0 Å². The van der Waals surface area contributed by atoms with Crippen LogP contribution in [0.2, 0.25) is 0 Å². The molecule has 0 aliphatic rings. The highest BCUT2D eigenvalue weighted by Crippen LogP contribution is 2.12. The van der Waals surface area contributed by atoms with Crippen molar-refractivity contribution >= 4 is 17.5 Å². The van der Waals surface area contributed by atoms with E-state index in [0.717, 1.165) is 0 Å². The van der Waals surface area contributed by atoms with Gasteiger partial charge in [0.2, 0.25) is 5.91 Å². The summed E-state index contributed by atoms with van der Waals surface area (Å²) in [6, 6.07) is 6.13. The quantitative estimate of drug-likeness (QED) is 0.446. The van der Waals surface area contributed by atoms with Crippen molar-refractivity contribution in [3.05, 3.63) is 39.9 Å². The summed E-state index contributed by atoms with van der Waals surface area (Å²) in [5.41, 5.74) is 0.101. The van der Waals surface area contributed by atoms with Crippen LogP contribution in [-0.2, 0) is 4.79 Å².